The van der Waals surface area contributed by atoms with E-state index in [1.165, 1.54) is 0 Å². The van der Waals surface area contributed by atoms with Gasteiger partial charge in [-0.25, -0.2) is 4.79 Å². The lowest BCUT2D eigenvalue weighted by molar-refractivity contribution is 0.243. The lowest BCUT2D eigenvalue weighted by atomic mass is 10.2. The van der Waals surface area contributed by atoms with E-state index in [0.29, 0.717) is 0 Å². The van der Waals surface area contributed by atoms with E-state index in [2.05, 4.69) is 10.4 Å². The van der Waals surface area contributed by atoms with Crippen LogP contribution in [0, 0.1) is 0 Å². The normalized spacial score (nSPS) is 16.7. The summed E-state index contributed by atoms with van der Waals surface area (Å²) in [6, 6.07) is -0.0102. The van der Waals surface area contributed by atoms with Crippen LogP contribution >= 0.6 is 0 Å². The fourth-order valence-electron chi connectivity index (χ4n) is 1.86. The zero-order chi connectivity index (χ0) is 10.8. The van der Waals surface area contributed by atoms with Crippen molar-refractivity contribution in [1.29, 1.82) is 0 Å². The molecule has 2 amide bonds. The highest BCUT2D eigenvalue weighted by Gasteiger charge is 2.22. The summed E-state index contributed by atoms with van der Waals surface area (Å²) in [6.07, 6.45) is 3.74. The van der Waals surface area contributed by atoms with E-state index < -0.39 is 0 Å². The molecule has 0 bridgehead atoms. The minimum absolute atomic E-state index is 0.0102. The third kappa shape index (κ3) is 1.82. The topological polar surface area (TPSA) is 50.2 Å². The molecular formula is C10H16N4O. The van der Waals surface area contributed by atoms with Crippen molar-refractivity contribution in [3.8, 4) is 0 Å². The quantitative estimate of drug-likeness (QED) is 0.785. The molecule has 1 saturated heterocycles. The summed E-state index contributed by atoms with van der Waals surface area (Å²) in [6.45, 7) is 3.61. The Kier molecular flexibility index (Phi) is 2.62. The molecule has 2 heterocycles. The van der Waals surface area contributed by atoms with Crippen LogP contribution in [-0.2, 0) is 13.5 Å². The molecule has 1 aromatic rings. The molecule has 1 aliphatic rings. The van der Waals surface area contributed by atoms with Gasteiger partial charge in [-0.2, -0.15) is 5.10 Å². The SMILES string of the molecule is CCc1nn(C)cc1N1CCCNC1=O. The second kappa shape index (κ2) is 3.92. The summed E-state index contributed by atoms with van der Waals surface area (Å²) in [5.41, 5.74) is 1.92. The van der Waals surface area contributed by atoms with Crippen molar-refractivity contribution in [1.82, 2.24) is 15.1 Å². The standard InChI is InChI=1S/C10H16N4O/c1-3-8-9(7-13(2)12-8)14-6-4-5-11-10(14)15/h7H,3-6H2,1-2H3,(H,11,15). The predicted molar refractivity (Wildman–Crippen MR) is 57.9 cm³/mol. The maximum Gasteiger partial charge on any atom is 0.321 e. The van der Waals surface area contributed by atoms with Crippen molar-refractivity contribution in [3.63, 3.8) is 0 Å². The van der Waals surface area contributed by atoms with Gasteiger partial charge in [0.1, 0.15) is 0 Å². The Morgan fingerprint density at radius 1 is 1.60 bits per heavy atom. The summed E-state index contributed by atoms with van der Waals surface area (Å²) in [5, 5.41) is 7.17. The molecule has 15 heavy (non-hydrogen) atoms. The zero-order valence-corrected chi connectivity index (χ0v) is 9.16. The van der Waals surface area contributed by atoms with Crippen LogP contribution in [-0.4, -0.2) is 28.9 Å². The molecule has 82 valence electrons. The van der Waals surface area contributed by atoms with Gasteiger partial charge < -0.3 is 5.32 Å². The number of anilines is 1. The largest absolute Gasteiger partial charge is 0.338 e. The van der Waals surface area contributed by atoms with Gasteiger partial charge in [0.05, 0.1) is 11.4 Å². The fraction of sp³-hybridized carbons (Fsp3) is 0.600. The first-order chi connectivity index (χ1) is 7.22. The number of hydrogen-bond acceptors (Lipinski definition) is 2. The van der Waals surface area contributed by atoms with Crippen LogP contribution in [0.25, 0.3) is 0 Å². The van der Waals surface area contributed by atoms with Gasteiger partial charge in [-0.05, 0) is 12.8 Å². The molecule has 2 rings (SSSR count). The number of urea groups is 1. The number of carbonyl (C=O) groups is 1. The molecule has 0 aromatic carbocycles. The number of rotatable bonds is 2. The minimum atomic E-state index is -0.0102. The molecule has 0 spiro atoms. The van der Waals surface area contributed by atoms with Gasteiger partial charge in [0.25, 0.3) is 0 Å². The van der Waals surface area contributed by atoms with Crippen LogP contribution in [0.4, 0.5) is 10.5 Å². The average Bonchev–Trinajstić information content (AvgIpc) is 2.60. The number of aryl methyl sites for hydroxylation is 2. The first kappa shape index (κ1) is 10.0. The molecule has 0 radical (unpaired) electrons. The van der Waals surface area contributed by atoms with Gasteiger partial charge in [-0.1, -0.05) is 6.92 Å². The predicted octanol–water partition coefficient (Wildman–Crippen LogP) is 0.902. The van der Waals surface area contributed by atoms with Gasteiger partial charge in [0.2, 0.25) is 0 Å². The van der Waals surface area contributed by atoms with E-state index in [9.17, 15) is 4.79 Å². The van der Waals surface area contributed by atoms with Crippen LogP contribution in [0.1, 0.15) is 19.0 Å². The highest BCUT2D eigenvalue weighted by molar-refractivity contribution is 5.93. The van der Waals surface area contributed by atoms with Gasteiger partial charge in [-0.15, -0.1) is 0 Å². The van der Waals surface area contributed by atoms with Gasteiger partial charge in [0.15, 0.2) is 0 Å². The molecule has 1 aromatic heterocycles. The van der Waals surface area contributed by atoms with Crippen molar-refractivity contribution in [2.24, 2.45) is 7.05 Å². The fourth-order valence-corrected chi connectivity index (χ4v) is 1.86. The van der Waals surface area contributed by atoms with E-state index in [0.717, 1.165) is 37.3 Å². The molecule has 5 heteroatoms. The molecule has 0 saturated carbocycles. The molecule has 1 aliphatic heterocycles. The molecule has 5 nitrogen and oxygen atoms in total. The Hall–Kier alpha value is -1.52. The lowest BCUT2D eigenvalue weighted by Crippen LogP contribution is -2.46. The Morgan fingerprint density at radius 2 is 2.40 bits per heavy atom. The Morgan fingerprint density at radius 3 is 3.07 bits per heavy atom. The second-order valence-corrected chi connectivity index (χ2v) is 3.73. The third-order valence-corrected chi connectivity index (χ3v) is 2.59. The molecule has 0 aliphatic carbocycles. The average molecular weight is 208 g/mol. The molecule has 0 atom stereocenters. The van der Waals surface area contributed by atoms with Crippen LogP contribution in [0.3, 0.4) is 0 Å². The highest BCUT2D eigenvalue weighted by atomic mass is 16.2. The number of carbonyl (C=O) groups excluding carboxylic acids is 1. The number of hydrogen-bond donors (Lipinski definition) is 1. The highest BCUT2D eigenvalue weighted by Crippen LogP contribution is 2.21. The monoisotopic (exact) mass is 208 g/mol. The zero-order valence-electron chi connectivity index (χ0n) is 9.16. The maximum absolute atomic E-state index is 11.6. The Bertz CT molecular complexity index is 371. The summed E-state index contributed by atoms with van der Waals surface area (Å²) >= 11 is 0. The van der Waals surface area contributed by atoms with E-state index in [1.807, 2.05) is 20.2 Å². The summed E-state index contributed by atoms with van der Waals surface area (Å²) < 4.78 is 1.76. The van der Waals surface area contributed by atoms with Gasteiger partial charge in [0, 0.05) is 26.3 Å². The van der Waals surface area contributed by atoms with Crippen molar-refractivity contribution >= 4 is 11.7 Å². The number of nitrogens with zero attached hydrogens (tertiary/aromatic N) is 3. The maximum atomic E-state index is 11.6. The molecule has 0 unspecified atom stereocenters. The summed E-state index contributed by atoms with van der Waals surface area (Å²) in [5.74, 6) is 0. The van der Waals surface area contributed by atoms with Crippen molar-refractivity contribution < 1.29 is 4.79 Å². The second-order valence-electron chi connectivity index (χ2n) is 3.73. The van der Waals surface area contributed by atoms with E-state index in [-0.39, 0.29) is 6.03 Å². The molecule has 1 fully saturated rings. The Balaban J connectivity index is 2.30. The van der Waals surface area contributed by atoms with E-state index in [4.69, 9.17) is 0 Å². The van der Waals surface area contributed by atoms with Crippen molar-refractivity contribution in [2.75, 3.05) is 18.0 Å². The van der Waals surface area contributed by atoms with Gasteiger partial charge >= 0.3 is 6.03 Å². The first-order valence-electron chi connectivity index (χ1n) is 5.30. The molecule has 1 N–H and O–H groups in total. The van der Waals surface area contributed by atoms with Crippen LogP contribution < -0.4 is 10.2 Å². The molecular weight excluding hydrogens is 192 g/mol. The summed E-state index contributed by atoms with van der Waals surface area (Å²) in [4.78, 5) is 13.4. The minimum Gasteiger partial charge on any atom is -0.338 e. The van der Waals surface area contributed by atoms with Gasteiger partial charge in [-0.3, -0.25) is 9.58 Å². The van der Waals surface area contributed by atoms with Crippen LogP contribution in [0.5, 0.6) is 0 Å². The van der Waals surface area contributed by atoms with Crippen LogP contribution in [0.15, 0.2) is 6.20 Å². The first-order valence-corrected chi connectivity index (χ1v) is 5.30. The number of nitrogens with one attached hydrogen (secondary N) is 1. The van der Waals surface area contributed by atoms with Crippen molar-refractivity contribution in [2.45, 2.75) is 19.8 Å². The van der Waals surface area contributed by atoms with Crippen molar-refractivity contribution in [3.05, 3.63) is 11.9 Å². The van der Waals surface area contributed by atoms with E-state index in [1.54, 1.807) is 9.58 Å². The lowest BCUT2D eigenvalue weighted by Gasteiger charge is -2.26. The Labute approximate surface area is 89.1 Å². The number of amides is 2. The smallest absolute Gasteiger partial charge is 0.321 e. The summed E-state index contributed by atoms with van der Waals surface area (Å²) in [7, 11) is 1.88. The third-order valence-electron chi connectivity index (χ3n) is 2.59. The van der Waals surface area contributed by atoms with E-state index >= 15 is 0 Å². The van der Waals surface area contributed by atoms with Crippen LogP contribution in [0.2, 0.25) is 0 Å². The number of aromatic nitrogens is 2.